The number of nitrogens with zero attached hydrogens (tertiary/aromatic N) is 1. The van der Waals surface area contributed by atoms with E-state index in [0.29, 0.717) is 49.7 Å². The van der Waals surface area contributed by atoms with Gasteiger partial charge in [0, 0.05) is 18.7 Å². The topological polar surface area (TPSA) is 67.9 Å². The summed E-state index contributed by atoms with van der Waals surface area (Å²) in [6.45, 7) is 6.57. The van der Waals surface area contributed by atoms with Gasteiger partial charge >= 0.3 is 0 Å². The maximum Gasteiger partial charge on any atom is 0.256 e. The molecular weight excluding hydrogens is 344 g/mol. The maximum absolute atomic E-state index is 12.8. The minimum Gasteiger partial charge on any atom is -0.494 e. The molecular formula is C21H24N2O4. The minimum atomic E-state index is -0.261. The first kappa shape index (κ1) is 18.9. The summed E-state index contributed by atoms with van der Waals surface area (Å²) in [6, 6.07) is 12.4. The molecule has 0 unspecified atom stereocenters. The second-order valence-corrected chi connectivity index (χ2v) is 6.32. The van der Waals surface area contributed by atoms with Crippen molar-refractivity contribution in [1.82, 2.24) is 4.90 Å². The van der Waals surface area contributed by atoms with Crippen LogP contribution in [0.25, 0.3) is 0 Å². The number of carbonyl (C=O) groups excluding carboxylic acids is 2. The average molecular weight is 368 g/mol. The lowest BCUT2D eigenvalue weighted by molar-refractivity contribution is 0.0303. The van der Waals surface area contributed by atoms with Crippen LogP contribution in [0.3, 0.4) is 0 Å². The van der Waals surface area contributed by atoms with Gasteiger partial charge in [0.25, 0.3) is 11.8 Å². The van der Waals surface area contributed by atoms with Crippen LogP contribution in [-0.2, 0) is 4.74 Å². The molecule has 3 rings (SSSR count). The van der Waals surface area contributed by atoms with E-state index in [2.05, 4.69) is 5.32 Å². The van der Waals surface area contributed by atoms with Crippen LogP contribution in [0, 0.1) is 6.92 Å². The lowest BCUT2D eigenvalue weighted by Gasteiger charge is -2.27. The molecule has 27 heavy (non-hydrogen) atoms. The molecule has 6 heteroatoms. The predicted molar refractivity (Wildman–Crippen MR) is 103 cm³/mol. The van der Waals surface area contributed by atoms with E-state index in [1.165, 1.54) is 0 Å². The molecule has 0 saturated carbocycles. The molecule has 0 atom stereocenters. The van der Waals surface area contributed by atoms with Gasteiger partial charge in [0.05, 0.1) is 31.1 Å². The summed E-state index contributed by atoms with van der Waals surface area (Å²) in [5.41, 5.74) is 2.40. The van der Waals surface area contributed by atoms with E-state index in [4.69, 9.17) is 9.47 Å². The Morgan fingerprint density at radius 1 is 1.15 bits per heavy atom. The van der Waals surface area contributed by atoms with E-state index in [9.17, 15) is 9.59 Å². The number of amides is 2. The van der Waals surface area contributed by atoms with Gasteiger partial charge < -0.3 is 19.7 Å². The molecule has 1 aliphatic rings. The molecule has 0 aliphatic carbocycles. The molecule has 2 amide bonds. The number of anilines is 1. The third-order valence-electron chi connectivity index (χ3n) is 4.44. The smallest absolute Gasteiger partial charge is 0.256 e. The highest BCUT2D eigenvalue weighted by Gasteiger charge is 2.21. The van der Waals surface area contributed by atoms with Gasteiger partial charge in [-0.25, -0.2) is 0 Å². The first-order chi connectivity index (χ1) is 13.1. The summed E-state index contributed by atoms with van der Waals surface area (Å²) in [5.74, 6) is 0.400. The van der Waals surface area contributed by atoms with Crippen LogP contribution in [0.4, 0.5) is 5.69 Å². The summed E-state index contributed by atoms with van der Waals surface area (Å²) in [4.78, 5) is 27.2. The monoisotopic (exact) mass is 368 g/mol. The molecule has 0 spiro atoms. The summed E-state index contributed by atoms with van der Waals surface area (Å²) < 4.78 is 10.8. The van der Waals surface area contributed by atoms with Crippen molar-refractivity contribution >= 4 is 17.5 Å². The first-order valence-electron chi connectivity index (χ1n) is 9.11. The Labute approximate surface area is 159 Å². The molecule has 142 valence electrons. The van der Waals surface area contributed by atoms with E-state index in [1.54, 1.807) is 47.4 Å². The standard InChI is InChI=1S/C21H24N2O4/c1-3-27-19-9-8-16(14-15(19)2)20(24)22-18-7-5-4-6-17(18)21(25)23-10-12-26-13-11-23/h4-9,14H,3,10-13H2,1-2H3,(H,22,24). The minimum absolute atomic E-state index is 0.0999. The van der Waals surface area contributed by atoms with Crippen molar-refractivity contribution in [3.05, 3.63) is 59.2 Å². The summed E-state index contributed by atoms with van der Waals surface area (Å²) in [6.07, 6.45) is 0. The zero-order valence-corrected chi connectivity index (χ0v) is 15.7. The predicted octanol–water partition coefficient (Wildman–Crippen LogP) is 3.12. The third-order valence-corrected chi connectivity index (χ3v) is 4.44. The summed E-state index contributed by atoms with van der Waals surface area (Å²) in [7, 11) is 0. The lowest BCUT2D eigenvalue weighted by atomic mass is 10.1. The highest BCUT2D eigenvalue weighted by molar-refractivity contribution is 6.09. The third kappa shape index (κ3) is 4.46. The normalized spacial score (nSPS) is 13.9. The van der Waals surface area contributed by atoms with Gasteiger partial charge in [0.1, 0.15) is 5.75 Å². The Morgan fingerprint density at radius 3 is 2.59 bits per heavy atom. The van der Waals surface area contributed by atoms with Crippen LogP contribution >= 0.6 is 0 Å². The van der Waals surface area contributed by atoms with Crippen LogP contribution in [0.1, 0.15) is 33.2 Å². The number of rotatable bonds is 5. The Morgan fingerprint density at radius 2 is 1.89 bits per heavy atom. The van der Waals surface area contributed by atoms with Crippen molar-refractivity contribution in [1.29, 1.82) is 0 Å². The fourth-order valence-electron chi connectivity index (χ4n) is 3.02. The molecule has 6 nitrogen and oxygen atoms in total. The molecule has 1 N–H and O–H groups in total. The number of ether oxygens (including phenoxy) is 2. The van der Waals surface area contributed by atoms with Gasteiger partial charge in [-0.3, -0.25) is 9.59 Å². The zero-order chi connectivity index (χ0) is 19.2. The number of para-hydroxylation sites is 1. The SMILES string of the molecule is CCOc1ccc(C(=O)Nc2ccccc2C(=O)N2CCOCC2)cc1C. The van der Waals surface area contributed by atoms with Gasteiger partial charge in [-0.2, -0.15) is 0 Å². The Hall–Kier alpha value is -2.86. The molecule has 2 aromatic carbocycles. The first-order valence-corrected chi connectivity index (χ1v) is 9.11. The maximum atomic E-state index is 12.8. The molecule has 1 aliphatic heterocycles. The van der Waals surface area contributed by atoms with Crippen molar-refractivity contribution in [2.45, 2.75) is 13.8 Å². The molecule has 1 saturated heterocycles. The van der Waals surface area contributed by atoms with Crippen LogP contribution < -0.4 is 10.1 Å². The van der Waals surface area contributed by atoms with Crippen molar-refractivity contribution in [2.24, 2.45) is 0 Å². The molecule has 1 heterocycles. The quantitative estimate of drug-likeness (QED) is 0.880. The lowest BCUT2D eigenvalue weighted by Crippen LogP contribution is -2.41. The molecule has 2 aromatic rings. The molecule has 0 bridgehead atoms. The van der Waals surface area contributed by atoms with Crippen LogP contribution in [-0.4, -0.2) is 49.6 Å². The van der Waals surface area contributed by atoms with Gasteiger partial charge in [0.2, 0.25) is 0 Å². The van der Waals surface area contributed by atoms with Crippen LogP contribution in [0.15, 0.2) is 42.5 Å². The number of aryl methyl sites for hydroxylation is 1. The Balaban J connectivity index is 1.78. The van der Waals surface area contributed by atoms with Gasteiger partial charge in [-0.05, 0) is 49.7 Å². The number of morpholine rings is 1. The van der Waals surface area contributed by atoms with Gasteiger partial charge in [-0.15, -0.1) is 0 Å². The fraction of sp³-hybridized carbons (Fsp3) is 0.333. The number of nitrogens with one attached hydrogen (secondary N) is 1. The molecule has 0 radical (unpaired) electrons. The number of carbonyl (C=O) groups is 2. The van der Waals surface area contributed by atoms with E-state index < -0.39 is 0 Å². The summed E-state index contributed by atoms with van der Waals surface area (Å²) >= 11 is 0. The molecule has 1 fully saturated rings. The van der Waals surface area contributed by atoms with Crippen molar-refractivity contribution in [3.8, 4) is 5.75 Å². The average Bonchev–Trinajstić information content (AvgIpc) is 2.70. The van der Waals surface area contributed by atoms with Crippen molar-refractivity contribution in [3.63, 3.8) is 0 Å². The number of hydrogen-bond acceptors (Lipinski definition) is 4. The second kappa shape index (κ2) is 8.68. The van der Waals surface area contributed by atoms with E-state index in [-0.39, 0.29) is 11.8 Å². The van der Waals surface area contributed by atoms with E-state index in [1.807, 2.05) is 13.8 Å². The molecule has 0 aromatic heterocycles. The Bertz CT molecular complexity index is 829. The van der Waals surface area contributed by atoms with E-state index in [0.717, 1.165) is 11.3 Å². The van der Waals surface area contributed by atoms with Crippen LogP contribution in [0.5, 0.6) is 5.75 Å². The Kier molecular flexibility index (Phi) is 6.08. The largest absolute Gasteiger partial charge is 0.494 e. The van der Waals surface area contributed by atoms with Crippen molar-refractivity contribution in [2.75, 3.05) is 38.2 Å². The van der Waals surface area contributed by atoms with E-state index >= 15 is 0 Å². The highest BCUT2D eigenvalue weighted by Crippen LogP contribution is 2.22. The number of hydrogen-bond donors (Lipinski definition) is 1. The zero-order valence-electron chi connectivity index (χ0n) is 15.7. The van der Waals surface area contributed by atoms with Gasteiger partial charge in [0.15, 0.2) is 0 Å². The van der Waals surface area contributed by atoms with Crippen LogP contribution in [0.2, 0.25) is 0 Å². The second-order valence-electron chi connectivity index (χ2n) is 6.32. The van der Waals surface area contributed by atoms with Crippen molar-refractivity contribution < 1.29 is 19.1 Å². The van der Waals surface area contributed by atoms with Gasteiger partial charge in [-0.1, -0.05) is 12.1 Å². The summed E-state index contributed by atoms with van der Waals surface area (Å²) in [5, 5.41) is 2.87. The highest BCUT2D eigenvalue weighted by atomic mass is 16.5. The number of benzene rings is 2. The fourth-order valence-corrected chi connectivity index (χ4v) is 3.02.